The number of aromatic nitrogens is 1. The number of rotatable bonds is 1. The third-order valence-corrected chi connectivity index (χ3v) is 2.23. The van der Waals surface area contributed by atoms with Crippen LogP contribution in [0.25, 0.3) is 0 Å². The Bertz CT molecular complexity index is 223. The zero-order valence-corrected chi connectivity index (χ0v) is 5.96. The van der Waals surface area contributed by atoms with E-state index in [1.807, 2.05) is 12.3 Å². The van der Waals surface area contributed by atoms with Crippen LogP contribution in [-0.2, 0) is 0 Å². The van der Waals surface area contributed by atoms with Gasteiger partial charge in [0, 0.05) is 24.1 Å². The van der Waals surface area contributed by atoms with Crippen LogP contribution in [0, 0.1) is 0 Å². The van der Waals surface area contributed by atoms with Crippen LogP contribution >= 0.6 is 0 Å². The number of hydrogen-bond acceptors (Lipinski definition) is 1. The van der Waals surface area contributed by atoms with Gasteiger partial charge < -0.3 is 10.3 Å². The molecule has 2 nitrogen and oxygen atoms in total. The maximum Gasteiger partial charge on any atom is 0.0493 e. The number of anilines is 1. The average molecular weight is 136 g/mol. The van der Waals surface area contributed by atoms with Crippen molar-refractivity contribution < 1.29 is 0 Å². The van der Waals surface area contributed by atoms with Crippen LogP contribution in [0.15, 0.2) is 18.5 Å². The molecule has 1 aliphatic carbocycles. The third-order valence-electron chi connectivity index (χ3n) is 2.23. The zero-order chi connectivity index (χ0) is 6.97. The Kier molecular flexibility index (Phi) is 1.19. The summed E-state index contributed by atoms with van der Waals surface area (Å²) in [4.78, 5) is 0. The van der Waals surface area contributed by atoms with Crippen molar-refractivity contribution in [1.82, 2.24) is 4.57 Å². The van der Waals surface area contributed by atoms with Crippen LogP contribution in [0.5, 0.6) is 0 Å². The molecule has 0 bridgehead atoms. The Hall–Kier alpha value is -0.920. The van der Waals surface area contributed by atoms with Crippen LogP contribution in [0.4, 0.5) is 5.69 Å². The van der Waals surface area contributed by atoms with Crippen LogP contribution in [-0.4, -0.2) is 4.57 Å². The first-order valence-electron chi connectivity index (χ1n) is 3.79. The number of hydrogen-bond donors (Lipinski definition) is 1. The molecule has 0 unspecified atom stereocenters. The van der Waals surface area contributed by atoms with Crippen LogP contribution in [0.2, 0.25) is 0 Å². The molecule has 0 aliphatic heterocycles. The van der Waals surface area contributed by atoms with Crippen molar-refractivity contribution in [3.05, 3.63) is 18.5 Å². The SMILES string of the molecule is Nc1ccn(C2CCC2)c1. The Balaban J connectivity index is 2.17. The third kappa shape index (κ3) is 0.801. The van der Waals surface area contributed by atoms with Crippen molar-refractivity contribution in [3.63, 3.8) is 0 Å². The van der Waals surface area contributed by atoms with Gasteiger partial charge in [0.05, 0.1) is 0 Å². The van der Waals surface area contributed by atoms with E-state index in [1.165, 1.54) is 19.3 Å². The molecule has 1 aromatic rings. The fourth-order valence-electron chi connectivity index (χ4n) is 1.34. The summed E-state index contributed by atoms with van der Waals surface area (Å²) in [5, 5.41) is 0. The molecular formula is C8H12N2. The Morgan fingerprint density at radius 1 is 1.50 bits per heavy atom. The molecular weight excluding hydrogens is 124 g/mol. The van der Waals surface area contributed by atoms with E-state index in [-0.39, 0.29) is 0 Å². The molecule has 2 rings (SSSR count). The largest absolute Gasteiger partial charge is 0.398 e. The van der Waals surface area contributed by atoms with E-state index < -0.39 is 0 Å². The van der Waals surface area contributed by atoms with Crippen LogP contribution < -0.4 is 5.73 Å². The second-order valence-electron chi connectivity index (χ2n) is 2.98. The van der Waals surface area contributed by atoms with Crippen molar-refractivity contribution in [2.75, 3.05) is 5.73 Å². The van der Waals surface area contributed by atoms with Gasteiger partial charge in [-0.05, 0) is 25.3 Å². The highest BCUT2D eigenvalue weighted by Crippen LogP contribution is 2.31. The molecule has 1 aromatic heterocycles. The normalized spacial score (nSPS) is 18.8. The molecule has 0 aromatic carbocycles. The van der Waals surface area contributed by atoms with Crippen LogP contribution in [0.3, 0.4) is 0 Å². The van der Waals surface area contributed by atoms with Gasteiger partial charge >= 0.3 is 0 Å². The van der Waals surface area contributed by atoms with Crippen LogP contribution in [0.1, 0.15) is 25.3 Å². The van der Waals surface area contributed by atoms with Gasteiger partial charge in [0.2, 0.25) is 0 Å². The van der Waals surface area contributed by atoms with Gasteiger partial charge in [0.25, 0.3) is 0 Å². The summed E-state index contributed by atoms with van der Waals surface area (Å²) < 4.78 is 2.22. The van der Waals surface area contributed by atoms with Gasteiger partial charge in [0.1, 0.15) is 0 Å². The molecule has 10 heavy (non-hydrogen) atoms. The summed E-state index contributed by atoms with van der Waals surface area (Å²) in [5.41, 5.74) is 6.46. The first kappa shape index (κ1) is 5.83. The van der Waals surface area contributed by atoms with Gasteiger partial charge in [-0.2, -0.15) is 0 Å². The van der Waals surface area contributed by atoms with Crippen molar-refractivity contribution in [2.45, 2.75) is 25.3 Å². The van der Waals surface area contributed by atoms with Gasteiger partial charge in [-0.1, -0.05) is 0 Å². The summed E-state index contributed by atoms with van der Waals surface area (Å²) in [7, 11) is 0. The summed E-state index contributed by atoms with van der Waals surface area (Å²) in [6.45, 7) is 0. The number of nitrogen functional groups attached to an aromatic ring is 1. The highest BCUT2D eigenvalue weighted by atomic mass is 15.0. The molecule has 0 atom stereocenters. The first-order chi connectivity index (χ1) is 4.86. The Morgan fingerprint density at radius 2 is 2.30 bits per heavy atom. The molecule has 1 aliphatic rings. The maximum atomic E-state index is 5.57. The predicted molar refractivity (Wildman–Crippen MR) is 41.7 cm³/mol. The Labute approximate surface area is 60.6 Å². The molecule has 0 amide bonds. The minimum absolute atomic E-state index is 0.747. The summed E-state index contributed by atoms with van der Waals surface area (Å²) in [6, 6.07) is 2.70. The fraction of sp³-hybridized carbons (Fsp3) is 0.500. The van der Waals surface area contributed by atoms with Crippen molar-refractivity contribution in [3.8, 4) is 0 Å². The van der Waals surface area contributed by atoms with E-state index in [2.05, 4.69) is 10.8 Å². The van der Waals surface area contributed by atoms with Gasteiger partial charge in [0.15, 0.2) is 0 Å². The fourth-order valence-corrected chi connectivity index (χ4v) is 1.34. The quantitative estimate of drug-likeness (QED) is 0.627. The van der Waals surface area contributed by atoms with Crippen molar-refractivity contribution >= 4 is 5.69 Å². The molecule has 1 fully saturated rings. The molecule has 2 N–H and O–H groups in total. The van der Waals surface area contributed by atoms with E-state index in [9.17, 15) is 0 Å². The van der Waals surface area contributed by atoms with Gasteiger partial charge in [-0.15, -0.1) is 0 Å². The zero-order valence-electron chi connectivity index (χ0n) is 5.96. The second-order valence-corrected chi connectivity index (χ2v) is 2.98. The smallest absolute Gasteiger partial charge is 0.0493 e. The Morgan fingerprint density at radius 3 is 2.70 bits per heavy atom. The van der Waals surface area contributed by atoms with E-state index in [0.717, 1.165) is 11.7 Å². The van der Waals surface area contributed by atoms with E-state index in [1.54, 1.807) is 0 Å². The molecule has 0 spiro atoms. The standard InChI is InChI=1S/C8H12N2/c9-7-4-5-10(6-7)8-2-1-3-8/h4-6,8H,1-3,9H2. The minimum atomic E-state index is 0.747. The minimum Gasteiger partial charge on any atom is -0.398 e. The lowest BCUT2D eigenvalue weighted by molar-refractivity contribution is 0.314. The predicted octanol–water partition coefficient (Wildman–Crippen LogP) is 1.80. The molecule has 54 valence electrons. The van der Waals surface area contributed by atoms with Gasteiger partial charge in [-0.25, -0.2) is 0 Å². The van der Waals surface area contributed by atoms with Gasteiger partial charge in [-0.3, -0.25) is 0 Å². The average Bonchev–Trinajstić information content (AvgIpc) is 2.10. The summed E-state index contributed by atoms with van der Waals surface area (Å²) >= 11 is 0. The van der Waals surface area contributed by atoms with Crippen molar-refractivity contribution in [2.24, 2.45) is 0 Å². The van der Waals surface area contributed by atoms with Crippen molar-refractivity contribution in [1.29, 1.82) is 0 Å². The highest BCUT2D eigenvalue weighted by molar-refractivity contribution is 5.34. The molecule has 2 heteroatoms. The van der Waals surface area contributed by atoms with E-state index in [0.29, 0.717) is 0 Å². The molecule has 1 heterocycles. The number of nitrogens with two attached hydrogens (primary N) is 1. The first-order valence-corrected chi connectivity index (χ1v) is 3.79. The maximum absolute atomic E-state index is 5.57. The summed E-state index contributed by atoms with van der Waals surface area (Å²) in [5.74, 6) is 0. The lowest BCUT2D eigenvalue weighted by Gasteiger charge is -2.26. The summed E-state index contributed by atoms with van der Waals surface area (Å²) in [6.07, 6.45) is 8.12. The molecule has 0 saturated heterocycles. The molecule has 0 radical (unpaired) electrons. The lowest BCUT2D eigenvalue weighted by Crippen LogP contribution is -2.14. The molecule has 1 saturated carbocycles. The highest BCUT2D eigenvalue weighted by Gasteiger charge is 2.17. The lowest BCUT2D eigenvalue weighted by atomic mass is 9.93. The van der Waals surface area contributed by atoms with E-state index >= 15 is 0 Å². The van der Waals surface area contributed by atoms with E-state index in [4.69, 9.17) is 5.73 Å². The monoisotopic (exact) mass is 136 g/mol. The number of nitrogens with zero attached hydrogens (tertiary/aromatic N) is 1. The second kappa shape index (κ2) is 2.04. The topological polar surface area (TPSA) is 30.9 Å².